The minimum atomic E-state index is 0.521. The Balaban J connectivity index is 2.65. The molecule has 2 aromatic rings. The van der Waals surface area contributed by atoms with Crippen LogP contribution in [-0.2, 0) is 0 Å². The Bertz CT molecular complexity index is 495. The minimum absolute atomic E-state index is 0.521. The van der Waals surface area contributed by atoms with Crippen molar-refractivity contribution in [2.45, 2.75) is 6.92 Å². The number of hydrogen-bond donors (Lipinski definition) is 0. The van der Waals surface area contributed by atoms with Crippen LogP contribution in [0.3, 0.4) is 0 Å². The van der Waals surface area contributed by atoms with E-state index in [9.17, 15) is 0 Å². The SMILES string of the molecule is Cc1c(-c2ccccc2Cl)ccnc1Cl. The Morgan fingerprint density at radius 2 is 1.73 bits per heavy atom. The average Bonchev–Trinajstić information content (AvgIpc) is 2.23. The monoisotopic (exact) mass is 237 g/mol. The summed E-state index contributed by atoms with van der Waals surface area (Å²) >= 11 is 12.1. The molecule has 0 fully saturated rings. The fourth-order valence-electron chi connectivity index (χ4n) is 1.48. The number of halogens is 2. The summed E-state index contributed by atoms with van der Waals surface area (Å²) in [4.78, 5) is 4.02. The number of hydrogen-bond acceptors (Lipinski definition) is 1. The van der Waals surface area contributed by atoms with E-state index in [4.69, 9.17) is 23.2 Å². The maximum absolute atomic E-state index is 6.12. The smallest absolute Gasteiger partial charge is 0.132 e. The number of nitrogens with zero attached hydrogens (tertiary/aromatic N) is 1. The third-order valence-corrected chi connectivity index (χ3v) is 3.02. The van der Waals surface area contributed by atoms with Gasteiger partial charge in [-0.3, -0.25) is 0 Å². The Morgan fingerprint density at radius 1 is 1.00 bits per heavy atom. The lowest BCUT2D eigenvalue weighted by molar-refractivity contribution is 1.27. The van der Waals surface area contributed by atoms with Crippen molar-refractivity contribution in [3.05, 3.63) is 52.3 Å². The van der Waals surface area contributed by atoms with Crippen molar-refractivity contribution in [1.29, 1.82) is 0 Å². The van der Waals surface area contributed by atoms with Crippen LogP contribution < -0.4 is 0 Å². The zero-order valence-electron chi connectivity index (χ0n) is 8.17. The Kier molecular flexibility index (Phi) is 2.94. The lowest BCUT2D eigenvalue weighted by Gasteiger charge is -2.08. The standard InChI is InChI=1S/C12H9Cl2N/c1-8-9(6-7-15-12(8)14)10-4-2-3-5-11(10)13/h2-7H,1H3. The zero-order chi connectivity index (χ0) is 10.8. The van der Waals surface area contributed by atoms with E-state index in [0.717, 1.165) is 21.7 Å². The van der Waals surface area contributed by atoms with Crippen LogP contribution in [0.15, 0.2) is 36.5 Å². The van der Waals surface area contributed by atoms with E-state index in [2.05, 4.69) is 4.98 Å². The second-order valence-corrected chi connectivity index (χ2v) is 4.02. The normalized spacial score (nSPS) is 10.3. The molecule has 1 aromatic heterocycles. The molecule has 0 radical (unpaired) electrons. The molecule has 3 heteroatoms. The van der Waals surface area contributed by atoms with Crippen LogP contribution in [0, 0.1) is 6.92 Å². The molecule has 0 spiro atoms. The molecule has 15 heavy (non-hydrogen) atoms. The predicted octanol–water partition coefficient (Wildman–Crippen LogP) is 4.36. The summed E-state index contributed by atoms with van der Waals surface area (Å²) in [5.74, 6) is 0. The van der Waals surface area contributed by atoms with E-state index in [1.54, 1.807) is 6.20 Å². The molecule has 1 nitrogen and oxygen atoms in total. The Morgan fingerprint density at radius 3 is 2.47 bits per heavy atom. The van der Waals surface area contributed by atoms with Crippen molar-refractivity contribution in [3.63, 3.8) is 0 Å². The highest BCUT2D eigenvalue weighted by atomic mass is 35.5. The van der Waals surface area contributed by atoms with Gasteiger partial charge in [0.2, 0.25) is 0 Å². The Labute approximate surface area is 98.7 Å². The van der Waals surface area contributed by atoms with Gasteiger partial charge in [0.25, 0.3) is 0 Å². The Hall–Kier alpha value is -1.05. The van der Waals surface area contributed by atoms with Gasteiger partial charge in [0.1, 0.15) is 5.15 Å². The number of benzene rings is 1. The molecule has 0 amide bonds. The van der Waals surface area contributed by atoms with Crippen molar-refractivity contribution >= 4 is 23.2 Å². The molecule has 0 atom stereocenters. The zero-order valence-corrected chi connectivity index (χ0v) is 9.68. The average molecular weight is 238 g/mol. The maximum atomic E-state index is 6.12. The van der Waals surface area contributed by atoms with Crippen LogP contribution >= 0.6 is 23.2 Å². The molecular weight excluding hydrogens is 229 g/mol. The lowest BCUT2D eigenvalue weighted by Crippen LogP contribution is -1.87. The van der Waals surface area contributed by atoms with Crippen molar-refractivity contribution in [2.24, 2.45) is 0 Å². The summed E-state index contributed by atoms with van der Waals surface area (Å²) in [5.41, 5.74) is 2.97. The van der Waals surface area contributed by atoms with Crippen LogP contribution in [-0.4, -0.2) is 4.98 Å². The van der Waals surface area contributed by atoms with Gasteiger partial charge in [-0.15, -0.1) is 0 Å². The van der Waals surface area contributed by atoms with E-state index in [-0.39, 0.29) is 0 Å². The first-order valence-corrected chi connectivity index (χ1v) is 5.32. The fourth-order valence-corrected chi connectivity index (χ4v) is 1.88. The highest BCUT2D eigenvalue weighted by molar-refractivity contribution is 6.33. The maximum Gasteiger partial charge on any atom is 0.132 e. The van der Waals surface area contributed by atoms with Gasteiger partial charge in [-0.2, -0.15) is 0 Å². The first-order chi connectivity index (χ1) is 7.20. The first kappa shape index (κ1) is 10.5. The van der Waals surface area contributed by atoms with Crippen molar-refractivity contribution < 1.29 is 0 Å². The molecule has 0 saturated heterocycles. The fraction of sp³-hybridized carbons (Fsp3) is 0.0833. The topological polar surface area (TPSA) is 12.9 Å². The van der Waals surface area contributed by atoms with Gasteiger partial charge in [-0.1, -0.05) is 41.4 Å². The van der Waals surface area contributed by atoms with Crippen LogP contribution in [0.25, 0.3) is 11.1 Å². The highest BCUT2D eigenvalue weighted by Gasteiger charge is 2.07. The third kappa shape index (κ3) is 1.99. The van der Waals surface area contributed by atoms with Gasteiger partial charge >= 0.3 is 0 Å². The number of aromatic nitrogens is 1. The molecule has 0 saturated carbocycles. The van der Waals surface area contributed by atoms with Crippen molar-refractivity contribution in [1.82, 2.24) is 4.98 Å². The van der Waals surface area contributed by atoms with Gasteiger partial charge in [0, 0.05) is 16.8 Å². The van der Waals surface area contributed by atoms with Crippen LogP contribution in [0.1, 0.15) is 5.56 Å². The number of pyridine rings is 1. The van der Waals surface area contributed by atoms with Gasteiger partial charge in [-0.25, -0.2) is 4.98 Å². The van der Waals surface area contributed by atoms with Gasteiger partial charge in [0.15, 0.2) is 0 Å². The van der Waals surface area contributed by atoms with Gasteiger partial charge in [-0.05, 0) is 30.2 Å². The first-order valence-electron chi connectivity index (χ1n) is 4.56. The highest BCUT2D eigenvalue weighted by Crippen LogP contribution is 2.31. The van der Waals surface area contributed by atoms with E-state index < -0.39 is 0 Å². The van der Waals surface area contributed by atoms with Crippen LogP contribution in [0.4, 0.5) is 0 Å². The molecular formula is C12H9Cl2N. The molecule has 2 rings (SSSR count). The molecule has 76 valence electrons. The minimum Gasteiger partial charge on any atom is -0.244 e. The molecule has 0 N–H and O–H groups in total. The molecule has 1 heterocycles. The van der Waals surface area contributed by atoms with Crippen molar-refractivity contribution in [3.8, 4) is 11.1 Å². The van der Waals surface area contributed by atoms with Gasteiger partial charge < -0.3 is 0 Å². The van der Waals surface area contributed by atoms with E-state index in [0.29, 0.717) is 5.15 Å². The molecule has 0 aliphatic heterocycles. The lowest BCUT2D eigenvalue weighted by atomic mass is 10.0. The molecule has 0 unspecified atom stereocenters. The predicted molar refractivity (Wildman–Crippen MR) is 64.4 cm³/mol. The summed E-state index contributed by atoms with van der Waals surface area (Å²) in [6, 6.07) is 9.62. The largest absolute Gasteiger partial charge is 0.244 e. The second kappa shape index (κ2) is 4.21. The quantitative estimate of drug-likeness (QED) is 0.672. The van der Waals surface area contributed by atoms with E-state index in [1.165, 1.54) is 0 Å². The van der Waals surface area contributed by atoms with Crippen LogP contribution in [0.2, 0.25) is 10.2 Å². The van der Waals surface area contributed by atoms with Crippen LogP contribution in [0.5, 0.6) is 0 Å². The summed E-state index contributed by atoms with van der Waals surface area (Å²) in [5, 5.41) is 1.25. The second-order valence-electron chi connectivity index (χ2n) is 3.25. The van der Waals surface area contributed by atoms with Crippen molar-refractivity contribution in [2.75, 3.05) is 0 Å². The molecule has 1 aromatic carbocycles. The van der Waals surface area contributed by atoms with E-state index in [1.807, 2.05) is 37.3 Å². The summed E-state index contributed by atoms with van der Waals surface area (Å²) in [6.45, 7) is 1.94. The summed E-state index contributed by atoms with van der Waals surface area (Å²) < 4.78 is 0. The summed E-state index contributed by atoms with van der Waals surface area (Å²) in [6.07, 6.45) is 1.69. The third-order valence-electron chi connectivity index (χ3n) is 2.31. The van der Waals surface area contributed by atoms with Gasteiger partial charge in [0.05, 0.1) is 0 Å². The molecule has 0 bridgehead atoms. The molecule has 0 aliphatic rings. The number of rotatable bonds is 1. The molecule has 0 aliphatic carbocycles. The summed E-state index contributed by atoms with van der Waals surface area (Å²) in [7, 11) is 0. The van der Waals surface area contributed by atoms with E-state index >= 15 is 0 Å².